The lowest BCUT2D eigenvalue weighted by Gasteiger charge is -2.36. The molecule has 1 amide bonds. The average molecular weight is 493 g/mol. The van der Waals surface area contributed by atoms with Crippen LogP contribution in [-0.4, -0.2) is 59.6 Å². The molecule has 1 atom stereocenters. The molecular weight excluding hydrogens is 467 g/mol. The number of halogens is 3. The van der Waals surface area contributed by atoms with Crippen LogP contribution in [0.4, 0.5) is 13.2 Å². The predicted molar refractivity (Wildman–Crippen MR) is 120 cm³/mol. The first-order valence-electron chi connectivity index (χ1n) is 11.1. The van der Waals surface area contributed by atoms with Crippen molar-refractivity contribution in [2.75, 3.05) is 6.54 Å². The van der Waals surface area contributed by atoms with Crippen molar-refractivity contribution >= 4 is 17.5 Å². The number of amides is 1. The Kier molecular flexibility index (Phi) is 7.92. The minimum Gasteiger partial charge on any atom is -0.475 e. The number of hydrogen-bond donors (Lipinski definition) is 1. The fourth-order valence-electron chi connectivity index (χ4n) is 3.97. The number of aromatic nitrogens is 4. The summed E-state index contributed by atoms with van der Waals surface area (Å²) in [6.45, 7) is 5.43. The van der Waals surface area contributed by atoms with Crippen LogP contribution in [0.5, 0.6) is 0 Å². The molecule has 35 heavy (non-hydrogen) atoms. The van der Waals surface area contributed by atoms with Crippen LogP contribution in [-0.2, 0) is 11.3 Å². The Morgan fingerprint density at radius 3 is 2.51 bits per heavy atom. The third-order valence-corrected chi connectivity index (χ3v) is 5.85. The highest BCUT2D eigenvalue weighted by atomic mass is 19.4. The second kappa shape index (κ2) is 10.7. The van der Waals surface area contributed by atoms with E-state index >= 15 is 0 Å². The summed E-state index contributed by atoms with van der Waals surface area (Å²) in [4.78, 5) is 45.5. The molecular formula is C23H26F3N5O4. The van der Waals surface area contributed by atoms with E-state index in [1.54, 1.807) is 12.4 Å². The monoisotopic (exact) mass is 493 g/mol. The number of likely N-dealkylation sites (tertiary alicyclic amines) is 1. The Labute approximate surface area is 198 Å². The van der Waals surface area contributed by atoms with Crippen molar-refractivity contribution < 1.29 is 27.9 Å². The second-order valence-electron chi connectivity index (χ2n) is 8.32. The maximum Gasteiger partial charge on any atom is 0.490 e. The molecule has 0 aromatic carbocycles. The van der Waals surface area contributed by atoms with E-state index in [0.29, 0.717) is 12.2 Å². The molecule has 1 N–H and O–H groups in total. The van der Waals surface area contributed by atoms with Crippen molar-refractivity contribution in [1.82, 2.24) is 23.8 Å². The van der Waals surface area contributed by atoms with Gasteiger partial charge in [-0.25, -0.2) is 14.8 Å². The summed E-state index contributed by atoms with van der Waals surface area (Å²) in [7, 11) is 0. The van der Waals surface area contributed by atoms with Crippen LogP contribution in [0.1, 0.15) is 47.4 Å². The molecule has 1 aliphatic heterocycles. The van der Waals surface area contributed by atoms with E-state index in [4.69, 9.17) is 9.90 Å². The van der Waals surface area contributed by atoms with Gasteiger partial charge in [0.15, 0.2) is 0 Å². The summed E-state index contributed by atoms with van der Waals surface area (Å²) in [5.74, 6) is -1.99. The first kappa shape index (κ1) is 25.9. The van der Waals surface area contributed by atoms with Crippen molar-refractivity contribution in [3.63, 3.8) is 0 Å². The minimum absolute atomic E-state index is 0.126. The summed E-state index contributed by atoms with van der Waals surface area (Å²) >= 11 is 0. The van der Waals surface area contributed by atoms with Gasteiger partial charge in [-0.2, -0.15) is 13.2 Å². The third kappa shape index (κ3) is 6.25. The fraction of sp³-hybridized carbons (Fsp3) is 0.435. The number of fused-ring (bicyclic) bond motifs is 1. The first-order chi connectivity index (χ1) is 16.5. The van der Waals surface area contributed by atoms with Crippen LogP contribution in [0.2, 0.25) is 0 Å². The number of aryl methyl sites for hydroxylation is 3. The molecule has 4 rings (SSSR count). The predicted octanol–water partition coefficient (Wildman–Crippen LogP) is 3.23. The molecule has 1 aliphatic rings. The quantitative estimate of drug-likeness (QED) is 0.598. The van der Waals surface area contributed by atoms with Crippen LogP contribution in [0, 0.1) is 13.8 Å². The van der Waals surface area contributed by atoms with Crippen molar-refractivity contribution in [1.29, 1.82) is 0 Å². The van der Waals surface area contributed by atoms with E-state index in [0.717, 1.165) is 43.6 Å². The normalized spacial score (nSPS) is 16.0. The van der Waals surface area contributed by atoms with Gasteiger partial charge in [-0.3, -0.25) is 14.0 Å². The molecule has 0 saturated carbocycles. The van der Waals surface area contributed by atoms with E-state index in [2.05, 4.69) is 14.5 Å². The Morgan fingerprint density at radius 1 is 1.17 bits per heavy atom. The second-order valence-corrected chi connectivity index (χ2v) is 8.32. The number of rotatable bonds is 4. The SMILES string of the molecule is Cc1ccn2c(=O)c(C(=O)N3CCCCC3CCn3ccnc3C)cnc2c1.O=C(O)C(F)(F)F. The number of hydrogen-bond acceptors (Lipinski definition) is 5. The molecule has 0 aliphatic carbocycles. The molecule has 9 nitrogen and oxygen atoms in total. The summed E-state index contributed by atoms with van der Waals surface area (Å²) in [6.07, 6.45) is 5.68. The Morgan fingerprint density at radius 2 is 1.89 bits per heavy atom. The van der Waals surface area contributed by atoms with Crippen LogP contribution in [0.3, 0.4) is 0 Å². The van der Waals surface area contributed by atoms with Gasteiger partial charge in [-0.1, -0.05) is 0 Å². The van der Waals surface area contributed by atoms with Gasteiger partial charge >= 0.3 is 12.1 Å². The van der Waals surface area contributed by atoms with Crippen molar-refractivity contribution in [2.24, 2.45) is 0 Å². The number of aliphatic carboxylic acids is 1. The van der Waals surface area contributed by atoms with Crippen molar-refractivity contribution in [3.8, 4) is 0 Å². The molecule has 4 heterocycles. The number of carbonyl (C=O) groups is 2. The molecule has 0 radical (unpaired) electrons. The number of piperidine rings is 1. The first-order valence-corrected chi connectivity index (χ1v) is 11.1. The van der Waals surface area contributed by atoms with E-state index in [1.807, 2.05) is 37.1 Å². The Balaban J connectivity index is 0.000000429. The fourth-order valence-corrected chi connectivity index (χ4v) is 3.97. The Bertz CT molecular complexity index is 1270. The Hall–Kier alpha value is -3.70. The summed E-state index contributed by atoms with van der Waals surface area (Å²) in [6, 6.07) is 3.81. The molecule has 1 fully saturated rings. The number of nitrogens with zero attached hydrogens (tertiary/aromatic N) is 5. The van der Waals surface area contributed by atoms with Gasteiger partial charge in [0.2, 0.25) is 0 Å². The van der Waals surface area contributed by atoms with Gasteiger partial charge in [0.25, 0.3) is 11.5 Å². The highest BCUT2D eigenvalue weighted by Gasteiger charge is 2.38. The molecule has 0 bridgehead atoms. The van der Waals surface area contributed by atoms with Gasteiger partial charge in [-0.05, 0) is 57.2 Å². The van der Waals surface area contributed by atoms with E-state index in [9.17, 15) is 22.8 Å². The maximum atomic E-state index is 13.2. The number of pyridine rings is 1. The molecule has 3 aromatic rings. The molecule has 0 spiro atoms. The lowest BCUT2D eigenvalue weighted by atomic mass is 9.98. The zero-order valence-corrected chi connectivity index (χ0v) is 19.3. The number of imidazole rings is 1. The van der Waals surface area contributed by atoms with Gasteiger partial charge in [0.05, 0.1) is 0 Å². The molecule has 3 aromatic heterocycles. The molecule has 188 valence electrons. The van der Waals surface area contributed by atoms with E-state index in [-0.39, 0.29) is 23.1 Å². The number of carboxylic acid groups (broad SMARTS) is 1. The zero-order chi connectivity index (χ0) is 25.8. The van der Waals surface area contributed by atoms with E-state index < -0.39 is 12.1 Å². The van der Waals surface area contributed by atoms with Crippen LogP contribution in [0.25, 0.3) is 5.65 Å². The van der Waals surface area contributed by atoms with Gasteiger partial charge in [-0.15, -0.1) is 0 Å². The topological polar surface area (TPSA) is 110 Å². The molecule has 1 unspecified atom stereocenters. The molecule has 1 saturated heterocycles. The number of alkyl halides is 3. The van der Waals surface area contributed by atoms with Crippen molar-refractivity contribution in [3.05, 3.63) is 64.2 Å². The largest absolute Gasteiger partial charge is 0.490 e. The average Bonchev–Trinajstić information content (AvgIpc) is 3.22. The lowest BCUT2D eigenvalue weighted by molar-refractivity contribution is -0.192. The van der Waals surface area contributed by atoms with Gasteiger partial charge in [0, 0.05) is 43.9 Å². The summed E-state index contributed by atoms with van der Waals surface area (Å²) in [5.41, 5.74) is 1.43. The third-order valence-electron chi connectivity index (χ3n) is 5.85. The zero-order valence-electron chi connectivity index (χ0n) is 19.3. The maximum absolute atomic E-state index is 13.2. The number of carboxylic acids is 1. The number of carbonyl (C=O) groups excluding carboxylic acids is 1. The highest BCUT2D eigenvalue weighted by Crippen LogP contribution is 2.22. The summed E-state index contributed by atoms with van der Waals surface area (Å²) in [5, 5.41) is 7.12. The lowest BCUT2D eigenvalue weighted by Crippen LogP contribution is -2.46. The molecule has 12 heteroatoms. The van der Waals surface area contributed by atoms with Crippen LogP contribution >= 0.6 is 0 Å². The highest BCUT2D eigenvalue weighted by molar-refractivity contribution is 5.94. The van der Waals surface area contributed by atoms with Crippen molar-refractivity contribution in [2.45, 2.75) is 58.3 Å². The van der Waals surface area contributed by atoms with Crippen LogP contribution < -0.4 is 5.56 Å². The minimum atomic E-state index is -5.08. The van der Waals surface area contributed by atoms with Crippen LogP contribution in [0.15, 0.2) is 41.7 Å². The summed E-state index contributed by atoms with van der Waals surface area (Å²) < 4.78 is 35.3. The van der Waals surface area contributed by atoms with E-state index in [1.165, 1.54) is 10.6 Å². The standard InChI is InChI=1S/C21H25N5O2.C2HF3O2/c1-15-6-11-26-19(13-15)23-14-18(21(26)28)20(27)25-9-4-3-5-17(25)7-10-24-12-8-22-16(24)2;3-2(4,5)1(6)7/h6,8,11-14,17H,3-5,7,9-10H2,1-2H3;(H,6,7). The smallest absolute Gasteiger partial charge is 0.475 e. The van der Waals surface area contributed by atoms with Gasteiger partial charge < -0.3 is 14.6 Å². The van der Waals surface area contributed by atoms with Gasteiger partial charge in [0.1, 0.15) is 17.0 Å².